The van der Waals surface area contributed by atoms with Crippen LogP contribution in [-0.4, -0.2) is 0 Å². The first-order valence-corrected chi connectivity index (χ1v) is 2.60. The molecule has 0 radical (unpaired) electrons. The van der Waals surface area contributed by atoms with E-state index in [2.05, 4.69) is 0 Å². The van der Waals surface area contributed by atoms with Crippen molar-refractivity contribution in [1.82, 2.24) is 0 Å². The van der Waals surface area contributed by atoms with Crippen LogP contribution in [-0.2, 0) is 0 Å². The molecule has 1 aromatic carbocycles. The van der Waals surface area contributed by atoms with E-state index in [0.29, 0.717) is 0 Å². The molecule has 52 valence electrons. The Labute approximate surface area is 58.7 Å². The maximum Gasteiger partial charge on any atom is 0.0313 e. The van der Waals surface area contributed by atoms with E-state index in [0.717, 1.165) is 5.69 Å². The van der Waals surface area contributed by atoms with E-state index in [-0.39, 0.29) is 0 Å². The zero-order chi connectivity index (χ0) is 7.82. The van der Waals surface area contributed by atoms with Gasteiger partial charge in [0.05, 0.1) is 0 Å². The topological polar surface area (TPSA) is 84.7 Å². The lowest BCUT2D eigenvalue weighted by molar-refractivity contribution is 1.69. The van der Waals surface area contributed by atoms with Crippen LogP contribution >= 0.6 is 0 Å². The lowest BCUT2D eigenvalue weighted by atomic mass is 10.3. The second kappa shape index (κ2) is 5.47. The van der Waals surface area contributed by atoms with Gasteiger partial charge in [0, 0.05) is 5.69 Å². The van der Waals surface area contributed by atoms with Crippen LogP contribution in [0, 0.1) is 0 Å². The van der Waals surface area contributed by atoms with Gasteiger partial charge in [0.25, 0.3) is 0 Å². The zero-order valence-corrected chi connectivity index (χ0v) is 5.31. The number of nitrogen functional groups attached to an aromatic ring is 1. The van der Waals surface area contributed by atoms with E-state index >= 15 is 0 Å². The molecule has 0 saturated carbocycles. The molecule has 0 aliphatic carbocycles. The highest BCUT2D eigenvalue weighted by Gasteiger charge is 1.72. The number of nitrogens with two attached hydrogens (primary N) is 1. The third kappa shape index (κ3) is 4.49. The highest BCUT2D eigenvalue weighted by atomic mass is 15.0. The van der Waals surface area contributed by atoms with Gasteiger partial charge in [0.15, 0.2) is 0 Å². The highest BCUT2D eigenvalue weighted by molar-refractivity contribution is 5.35. The van der Waals surface area contributed by atoms with Gasteiger partial charge >= 0.3 is 0 Å². The van der Waals surface area contributed by atoms with Crippen LogP contribution in [0.2, 0.25) is 0 Å². The third-order valence-corrected chi connectivity index (χ3v) is 0.800. The Morgan fingerprint density at radius 2 is 1.50 bits per heavy atom. The van der Waals surface area contributed by atoms with Crippen LogP contribution < -0.4 is 5.73 Å². The van der Waals surface area contributed by atoms with Crippen molar-refractivity contribution < 1.29 is 0 Å². The summed E-state index contributed by atoms with van der Waals surface area (Å²) < 4.78 is 0. The molecule has 0 aliphatic heterocycles. The number of rotatable bonds is 0. The molecule has 0 spiro atoms. The lowest BCUT2D eigenvalue weighted by Gasteiger charge is -1.83. The van der Waals surface area contributed by atoms with Crippen LogP contribution in [0.15, 0.2) is 30.3 Å². The number of hydrogen-bond acceptors (Lipinski definition) is 1. The third-order valence-electron chi connectivity index (χ3n) is 0.800. The van der Waals surface area contributed by atoms with Crippen LogP contribution in [0.4, 0.5) is 5.69 Å². The molecule has 0 fully saturated rings. The normalized spacial score (nSPS) is 6.80. The highest BCUT2D eigenvalue weighted by Crippen LogP contribution is 1.95. The van der Waals surface area contributed by atoms with E-state index in [1.54, 1.807) is 0 Å². The number of benzene rings is 1. The van der Waals surface area contributed by atoms with Gasteiger partial charge in [0.1, 0.15) is 0 Å². The van der Waals surface area contributed by atoms with E-state index < -0.39 is 0 Å². The SMILES string of the molecule is Nc1ccccc1.[N-]=[N+]=[N-]. The molecule has 0 aromatic heterocycles. The Balaban J connectivity index is 0.000000236. The number of hydrogen-bond donors (Lipinski definition) is 1. The fourth-order valence-electron chi connectivity index (χ4n) is 0.453. The second-order valence-corrected chi connectivity index (χ2v) is 1.50. The zero-order valence-electron chi connectivity index (χ0n) is 5.31. The number of nitrogens with zero attached hydrogens (tertiary/aromatic N) is 3. The molecular formula is C6H7N4-. The van der Waals surface area contributed by atoms with E-state index in [1.165, 1.54) is 4.91 Å². The van der Waals surface area contributed by atoms with Gasteiger partial charge in [-0.15, -0.1) is 0 Å². The fraction of sp³-hybridized carbons (Fsp3) is 0. The Bertz CT molecular complexity index is 200. The standard InChI is InChI=1S/C6H7N.N3/c7-6-4-2-1-3-5-6;1-3-2/h1-5H,7H2;/q;-1. The summed E-state index contributed by atoms with van der Waals surface area (Å²) in [5, 5.41) is 0. The maximum atomic E-state index is 6.75. The summed E-state index contributed by atoms with van der Waals surface area (Å²) in [7, 11) is 0. The van der Waals surface area contributed by atoms with Crippen molar-refractivity contribution >= 4 is 5.69 Å². The minimum absolute atomic E-state index is 0.822. The molecule has 10 heavy (non-hydrogen) atoms. The summed E-state index contributed by atoms with van der Waals surface area (Å²) >= 11 is 0. The predicted molar refractivity (Wildman–Crippen MR) is 40.9 cm³/mol. The van der Waals surface area contributed by atoms with Crippen LogP contribution in [0.5, 0.6) is 0 Å². The van der Waals surface area contributed by atoms with Crippen molar-refractivity contribution in [2.75, 3.05) is 5.73 Å². The number of para-hydroxylation sites is 1. The van der Waals surface area contributed by atoms with Gasteiger partial charge in [0.2, 0.25) is 0 Å². The van der Waals surface area contributed by atoms with Gasteiger partial charge in [-0.2, -0.15) is 0 Å². The predicted octanol–water partition coefficient (Wildman–Crippen LogP) is 2.13. The van der Waals surface area contributed by atoms with Crippen molar-refractivity contribution in [3.8, 4) is 0 Å². The largest absolute Gasteiger partial charge is 0.399 e. The smallest absolute Gasteiger partial charge is 0.0313 e. The molecule has 0 amide bonds. The van der Waals surface area contributed by atoms with E-state index in [9.17, 15) is 0 Å². The Morgan fingerprint density at radius 1 is 1.10 bits per heavy atom. The Morgan fingerprint density at radius 3 is 1.70 bits per heavy atom. The van der Waals surface area contributed by atoms with Crippen molar-refractivity contribution in [1.29, 1.82) is 0 Å². The first-order chi connectivity index (χ1) is 4.81. The summed E-state index contributed by atoms with van der Waals surface area (Å²) in [5.41, 5.74) is 19.7. The minimum Gasteiger partial charge on any atom is -0.399 e. The monoisotopic (exact) mass is 135 g/mol. The average Bonchev–Trinajstić information content (AvgIpc) is 1.91. The second-order valence-electron chi connectivity index (χ2n) is 1.50. The fourth-order valence-corrected chi connectivity index (χ4v) is 0.453. The summed E-state index contributed by atoms with van der Waals surface area (Å²) in [6.45, 7) is 0. The Hall–Kier alpha value is -1.67. The molecule has 1 rings (SSSR count). The van der Waals surface area contributed by atoms with E-state index in [4.69, 9.17) is 16.8 Å². The van der Waals surface area contributed by atoms with Crippen LogP contribution in [0.3, 0.4) is 0 Å². The molecule has 0 atom stereocenters. The Kier molecular flexibility index (Phi) is 4.55. The van der Waals surface area contributed by atoms with Crippen molar-refractivity contribution in [3.05, 3.63) is 46.3 Å². The van der Waals surface area contributed by atoms with Gasteiger partial charge in [-0.05, 0) is 12.1 Å². The average molecular weight is 135 g/mol. The first kappa shape index (κ1) is 8.33. The molecule has 0 unspecified atom stereocenters. The molecule has 0 saturated heterocycles. The van der Waals surface area contributed by atoms with Crippen LogP contribution in [0.1, 0.15) is 0 Å². The quantitative estimate of drug-likeness (QED) is 0.251. The van der Waals surface area contributed by atoms with Gasteiger partial charge < -0.3 is 16.8 Å². The molecule has 0 aliphatic rings. The number of anilines is 1. The summed E-state index contributed by atoms with van der Waals surface area (Å²) in [6.07, 6.45) is 0. The molecular weight excluding hydrogens is 128 g/mol. The minimum atomic E-state index is 0.822. The molecule has 4 nitrogen and oxygen atoms in total. The maximum absolute atomic E-state index is 6.75. The van der Waals surface area contributed by atoms with Gasteiger partial charge in [-0.3, -0.25) is 4.91 Å². The van der Waals surface area contributed by atoms with Gasteiger partial charge in [-0.25, -0.2) is 0 Å². The lowest BCUT2D eigenvalue weighted by Crippen LogP contribution is -1.79. The molecule has 2 N–H and O–H groups in total. The van der Waals surface area contributed by atoms with Crippen LogP contribution in [0.25, 0.3) is 16.0 Å². The van der Waals surface area contributed by atoms with E-state index in [1.807, 2.05) is 30.3 Å². The molecule has 4 heteroatoms. The van der Waals surface area contributed by atoms with Crippen molar-refractivity contribution in [2.24, 2.45) is 0 Å². The summed E-state index contributed by atoms with van der Waals surface area (Å²) in [6, 6.07) is 9.49. The summed E-state index contributed by atoms with van der Waals surface area (Å²) in [4.78, 5) is 1.50. The summed E-state index contributed by atoms with van der Waals surface area (Å²) in [5.74, 6) is 0. The first-order valence-electron chi connectivity index (χ1n) is 2.60. The van der Waals surface area contributed by atoms with Crippen molar-refractivity contribution in [3.63, 3.8) is 0 Å². The molecule has 1 aromatic rings. The van der Waals surface area contributed by atoms with Gasteiger partial charge in [-0.1, -0.05) is 18.2 Å². The molecule has 0 heterocycles. The van der Waals surface area contributed by atoms with Crippen molar-refractivity contribution in [2.45, 2.75) is 0 Å². The molecule has 0 bridgehead atoms.